The average molecular weight is 373 g/mol. The molecule has 2 N–H and O–H groups in total. The predicted octanol–water partition coefficient (Wildman–Crippen LogP) is 2.82. The summed E-state index contributed by atoms with van der Waals surface area (Å²) in [7, 11) is -3.80. The number of carbonyl (C=O) groups is 2. The first-order valence-electron chi connectivity index (χ1n) is 7.89. The maximum absolute atomic E-state index is 12.5. The van der Waals surface area contributed by atoms with E-state index in [1.807, 2.05) is 19.1 Å². The summed E-state index contributed by atoms with van der Waals surface area (Å²) in [6.07, 6.45) is 0.846. The van der Waals surface area contributed by atoms with Gasteiger partial charge >= 0.3 is 0 Å². The summed E-state index contributed by atoms with van der Waals surface area (Å²) < 4.78 is 22.5. The zero-order valence-electron chi connectivity index (χ0n) is 14.4. The summed E-state index contributed by atoms with van der Waals surface area (Å²) in [5, 5.41) is 12.8. The SMILES string of the molecule is CCc1ccc(C(=O)C(N=Nc2ccc(S(N)(=O)=O)cc2)C(C)=O)cc1. The topological polar surface area (TPSA) is 119 Å². The van der Waals surface area contributed by atoms with Gasteiger partial charge in [-0.2, -0.15) is 10.2 Å². The monoisotopic (exact) mass is 373 g/mol. The summed E-state index contributed by atoms with van der Waals surface area (Å²) in [6, 6.07) is 11.1. The van der Waals surface area contributed by atoms with Crippen molar-refractivity contribution < 1.29 is 18.0 Å². The van der Waals surface area contributed by atoms with Gasteiger partial charge in [0.05, 0.1) is 10.6 Å². The number of primary sulfonamides is 1. The normalized spacial score (nSPS) is 12.9. The minimum Gasteiger partial charge on any atom is -0.297 e. The van der Waals surface area contributed by atoms with Gasteiger partial charge in [-0.1, -0.05) is 31.2 Å². The standard InChI is InChI=1S/C18H19N3O4S/c1-3-13-4-6-14(7-5-13)18(23)17(12(2)22)21-20-15-8-10-16(11-9-15)26(19,24)25/h4-11,17H,3H2,1-2H3,(H2,19,24,25). The van der Waals surface area contributed by atoms with Crippen molar-refractivity contribution in [2.24, 2.45) is 15.4 Å². The van der Waals surface area contributed by atoms with E-state index >= 15 is 0 Å². The first kappa shape index (κ1) is 19.6. The molecule has 8 heteroatoms. The number of hydrogen-bond donors (Lipinski definition) is 1. The number of nitrogens with two attached hydrogens (primary N) is 1. The lowest BCUT2D eigenvalue weighted by Crippen LogP contribution is -2.26. The molecule has 1 atom stereocenters. The Labute approximate surface area is 152 Å². The lowest BCUT2D eigenvalue weighted by Gasteiger charge is -2.07. The minimum atomic E-state index is -3.80. The smallest absolute Gasteiger partial charge is 0.238 e. The molecule has 0 spiro atoms. The Hall–Kier alpha value is -2.71. The van der Waals surface area contributed by atoms with E-state index in [-0.39, 0.29) is 4.90 Å². The first-order valence-corrected chi connectivity index (χ1v) is 9.44. The van der Waals surface area contributed by atoms with Crippen LogP contribution in [0.25, 0.3) is 0 Å². The molecule has 7 nitrogen and oxygen atoms in total. The number of aryl methyl sites for hydroxylation is 1. The highest BCUT2D eigenvalue weighted by atomic mass is 32.2. The van der Waals surface area contributed by atoms with E-state index in [1.54, 1.807) is 12.1 Å². The third kappa shape index (κ3) is 4.90. The van der Waals surface area contributed by atoms with Crippen molar-refractivity contribution in [3.05, 3.63) is 59.7 Å². The Morgan fingerprint density at radius 1 is 1.04 bits per heavy atom. The maximum atomic E-state index is 12.5. The molecular weight excluding hydrogens is 354 g/mol. The van der Waals surface area contributed by atoms with Gasteiger partial charge in [0.15, 0.2) is 17.6 Å². The molecule has 2 aromatic carbocycles. The molecule has 2 rings (SSSR count). The van der Waals surface area contributed by atoms with Gasteiger partial charge in [-0.25, -0.2) is 13.6 Å². The van der Waals surface area contributed by atoms with Gasteiger partial charge in [-0.3, -0.25) is 9.59 Å². The second-order valence-corrected chi connectivity index (χ2v) is 7.24. The summed E-state index contributed by atoms with van der Waals surface area (Å²) in [5.41, 5.74) is 1.77. The Bertz CT molecular complexity index is 933. The van der Waals surface area contributed by atoms with E-state index < -0.39 is 27.6 Å². The second-order valence-electron chi connectivity index (χ2n) is 5.68. The van der Waals surface area contributed by atoms with E-state index in [9.17, 15) is 18.0 Å². The quantitative estimate of drug-likeness (QED) is 0.456. The highest BCUT2D eigenvalue weighted by Gasteiger charge is 2.24. The molecule has 0 aromatic heterocycles. The van der Waals surface area contributed by atoms with Crippen molar-refractivity contribution in [3.8, 4) is 0 Å². The highest BCUT2D eigenvalue weighted by molar-refractivity contribution is 7.89. The van der Waals surface area contributed by atoms with Crippen LogP contribution in [0.15, 0.2) is 63.7 Å². The van der Waals surface area contributed by atoms with Crippen molar-refractivity contribution in [2.75, 3.05) is 0 Å². The van der Waals surface area contributed by atoms with Crippen molar-refractivity contribution >= 4 is 27.3 Å². The number of Topliss-reactive ketones (excluding diaryl/α,β-unsaturated/α-hetero) is 2. The summed E-state index contributed by atoms with van der Waals surface area (Å²) in [5.74, 6) is -0.871. The van der Waals surface area contributed by atoms with Gasteiger partial charge in [-0.05, 0) is 43.2 Å². The van der Waals surface area contributed by atoms with E-state index in [0.29, 0.717) is 11.3 Å². The number of benzene rings is 2. The number of rotatable bonds is 7. The van der Waals surface area contributed by atoms with E-state index in [1.165, 1.54) is 31.2 Å². The molecule has 0 amide bonds. The predicted molar refractivity (Wildman–Crippen MR) is 97.0 cm³/mol. The van der Waals surface area contributed by atoms with Crippen molar-refractivity contribution in [1.82, 2.24) is 0 Å². The molecule has 0 fully saturated rings. The van der Waals surface area contributed by atoms with Crippen LogP contribution >= 0.6 is 0 Å². The lowest BCUT2D eigenvalue weighted by atomic mass is 10.0. The fourth-order valence-corrected chi connectivity index (χ4v) is 2.72. The van der Waals surface area contributed by atoms with Crippen LogP contribution < -0.4 is 5.14 Å². The first-order chi connectivity index (χ1) is 12.2. The molecule has 0 aliphatic heterocycles. The largest absolute Gasteiger partial charge is 0.297 e. The van der Waals surface area contributed by atoms with Gasteiger partial charge < -0.3 is 0 Å². The van der Waals surface area contributed by atoms with Crippen molar-refractivity contribution in [2.45, 2.75) is 31.2 Å². The van der Waals surface area contributed by atoms with Crippen LogP contribution in [0.1, 0.15) is 29.8 Å². The van der Waals surface area contributed by atoms with Crippen LogP contribution in [0.5, 0.6) is 0 Å². The molecule has 136 valence electrons. The molecule has 0 aliphatic carbocycles. The molecule has 0 aliphatic rings. The molecule has 2 aromatic rings. The van der Waals surface area contributed by atoms with Gasteiger partial charge in [-0.15, -0.1) is 0 Å². The number of sulfonamides is 1. The van der Waals surface area contributed by atoms with Gasteiger partial charge in [0, 0.05) is 5.56 Å². The Morgan fingerprint density at radius 2 is 1.62 bits per heavy atom. The molecule has 0 saturated carbocycles. The molecule has 0 saturated heterocycles. The zero-order chi connectivity index (χ0) is 19.3. The molecule has 1 unspecified atom stereocenters. The fourth-order valence-electron chi connectivity index (χ4n) is 2.21. The fraction of sp³-hybridized carbons (Fsp3) is 0.222. The number of nitrogens with zero attached hydrogens (tertiary/aromatic N) is 2. The highest BCUT2D eigenvalue weighted by Crippen LogP contribution is 2.18. The summed E-state index contributed by atoms with van der Waals surface area (Å²) >= 11 is 0. The molecule has 0 bridgehead atoms. The number of azo groups is 1. The van der Waals surface area contributed by atoms with Crippen LogP contribution in [-0.4, -0.2) is 26.0 Å². The van der Waals surface area contributed by atoms with Crippen LogP contribution in [0, 0.1) is 0 Å². The van der Waals surface area contributed by atoms with Crippen molar-refractivity contribution in [1.29, 1.82) is 0 Å². The van der Waals surface area contributed by atoms with E-state index in [4.69, 9.17) is 5.14 Å². The summed E-state index contributed by atoms with van der Waals surface area (Å²) in [6.45, 7) is 3.27. The Kier molecular flexibility index (Phi) is 6.12. The van der Waals surface area contributed by atoms with E-state index in [2.05, 4.69) is 10.2 Å². The van der Waals surface area contributed by atoms with Crippen LogP contribution in [0.3, 0.4) is 0 Å². The van der Waals surface area contributed by atoms with Gasteiger partial charge in [0.2, 0.25) is 10.0 Å². The molecular formula is C18H19N3O4S. The molecule has 26 heavy (non-hydrogen) atoms. The van der Waals surface area contributed by atoms with Crippen LogP contribution in [0.2, 0.25) is 0 Å². The summed E-state index contributed by atoms with van der Waals surface area (Å²) in [4.78, 5) is 24.3. The number of ketones is 2. The third-order valence-corrected chi connectivity index (χ3v) is 4.66. The molecule has 0 radical (unpaired) electrons. The number of hydrogen-bond acceptors (Lipinski definition) is 6. The Balaban J connectivity index is 2.22. The Morgan fingerprint density at radius 3 is 2.08 bits per heavy atom. The van der Waals surface area contributed by atoms with Crippen molar-refractivity contribution in [3.63, 3.8) is 0 Å². The maximum Gasteiger partial charge on any atom is 0.238 e. The van der Waals surface area contributed by atoms with Crippen LogP contribution in [-0.2, 0) is 21.2 Å². The van der Waals surface area contributed by atoms with Gasteiger partial charge in [0.1, 0.15) is 0 Å². The van der Waals surface area contributed by atoms with Gasteiger partial charge in [0.25, 0.3) is 0 Å². The third-order valence-electron chi connectivity index (χ3n) is 3.73. The van der Waals surface area contributed by atoms with Crippen LogP contribution in [0.4, 0.5) is 5.69 Å². The molecule has 0 heterocycles. The zero-order valence-corrected chi connectivity index (χ0v) is 15.2. The minimum absolute atomic E-state index is 0.0633. The van der Waals surface area contributed by atoms with E-state index in [0.717, 1.165) is 12.0 Å². The average Bonchev–Trinajstić information content (AvgIpc) is 2.61. The second kappa shape index (κ2) is 8.11. The lowest BCUT2D eigenvalue weighted by molar-refractivity contribution is -0.117. The number of carbonyl (C=O) groups excluding carboxylic acids is 2.